The van der Waals surface area contributed by atoms with Crippen LogP contribution in [0.2, 0.25) is 0 Å². The summed E-state index contributed by atoms with van der Waals surface area (Å²) >= 11 is 0. The Morgan fingerprint density at radius 1 is 1.12 bits per heavy atom. The van der Waals surface area contributed by atoms with Gasteiger partial charge in [-0.3, -0.25) is 9.59 Å². The molecule has 0 aromatic rings. The molecule has 0 aromatic heterocycles. The number of aliphatic carboxylic acids is 2. The lowest BCUT2D eigenvalue weighted by atomic mass is 9.97. The summed E-state index contributed by atoms with van der Waals surface area (Å²) in [6, 6.07) is -1.37. The number of carbonyl (C=O) groups excluding carboxylic acids is 1. The summed E-state index contributed by atoms with van der Waals surface area (Å²) in [4.78, 5) is 32.6. The predicted molar refractivity (Wildman–Crippen MR) is 55.8 cm³/mol. The number of carboxylic acid groups (broad SMARTS) is 2. The minimum absolute atomic E-state index is 0.0688. The van der Waals surface area contributed by atoms with E-state index in [1.54, 1.807) is 6.92 Å². The Hall–Kier alpha value is -1.59. The van der Waals surface area contributed by atoms with Crippen LogP contribution in [-0.2, 0) is 14.4 Å². The molecule has 2 atom stereocenters. The third kappa shape index (κ3) is 4.77. The third-order valence-electron chi connectivity index (χ3n) is 2.41. The highest BCUT2D eigenvalue weighted by atomic mass is 16.4. The fourth-order valence-corrected chi connectivity index (χ4v) is 0.981. The minimum Gasteiger partial charge on any atom is -0.481 e. The highest BCUT2D eigenvalue weighted by Crippen LogP contribution is 2.10. The largest absolute Gasteiger partial charge is 0.481 e. The van der Waals surface area contributed by atoms with E-state index in [0.717, 1.165) is 0 Å². The normalized spacial score (nSPS) is 14.2. The average Bonchev–Trinajstić information content (AvgIpc) is 2.14. The molecule has 0 aromatic carbocycles. The molecule has 0 bridgehead atoms. The fourth-order valence-electron chi connectivity index (χ4n) is 0.981. The van der Waals surface area contributed by atoms with Crippen LogP contribution in [0.15, 0.2) is 0 Å². The van der Waals surface area contributed by atoms with E-state index in [9.17, 15) is 14.4 Å². The lowest BCUT2D eigenvalue weighted by molar-refractivity contribution is -0.147. The Bertz CT molecular complexity index is 287. The molecule has 0 aliphatic heterocycles. The third-order valence-corrected chi connectivity index (χ3v) is 2.41. The molecule has 16 heavy (non-hydrogen) atoms. The Balaban J connectivity index is 4.46. The van der Waals surface area contributed by atoms with Gasteiger partial charge in [0.1, 0.15) is 6.04 Å². The van der Waals surface area contributed by atoms with Gasteiger partial charge in [-0.2, -0.15) is 0 Å². The van der Waals surface area contributed by atoms with Crippen LogP contribution in [0.25, 0.3) is 0 Å². The zero-order valence-electron chi connectivity index (χ0n) is 9.56. The molecule has 3 N–H and O–H groups in total. The maximum atomic E-state index is 11.5. The molecule has 0 saturated carbocycles. The van der Waals surface area contributed by atoms with Crippen molar-refractivity contribution in [3.05, 3.63) is 0 Å². The van der Waals surface area contributed by atoms with Crippen LogP contribution in [0.4, 0.5) is 0 Å². The van der Waals surface area contributed by atoms with Gasteiger partial charge in [0, 0.05) is 5.92 Å². The van der Waals surface area contributed by atoms with Crippen molar-refractivity contribution in [3.8, 4) is 0 Å². The molecule has 6 heteroatoms. The lowest BCUT2D eigenvalue weighted by Crippen LogP contribution is -2.45. The first-order valence-electron chi connectivity index (χ1n) is 5.00. The average molecular weight is 231 g/mol. The van der Waals surface area contributed by atoms with Crippen LogP contribution in [0.3, 0.4) is 0 Å². The van der Waals surface area contributed by atoms with Gasteiger partial charge < -0.3 is 15.5 Å². The number of rotatable bonds is 6. The molecule has 1 amide bonds. The first kappa shape index (κ1) is 14.4. The van der Waals surface area contributed by atoms with E-state index in [2.05, 4.69) is 5.32 Å². The minimum atomic E-state index is -1.37. The van der Waals surface area contributed by atoms with E-state index in [4.69, 9.17) is 10.2 Å². The van der Waals surface area contributed by atoms with Crippen molar-refractivity contribution in [2.75, 3.05) is 0 Å². The van der Waals surface area contributed by atoms with E-state index in [1.807, 2.05) is 13.8 Å². The molecular formula is C10H17NO5. The maximum Gasteiger partial charge on any atom is 0.326 e. The van der Waals surface area contributed by atoms with Crippen molar-refractivity contribution in [1.82, 2.24) is 5.32 Å². The Labute approximate surface area is 93.6 Å². The summed E-state index contributed by atoms with van der Waals surface area (Å²) in [7, 11) is 0. The Morgan fingerprint density at radius 2 is 1.62 bits per heavy atom. The van der Waals surface area contributed by atoms with Crippen molar-refractivity contribution in [2.45, 2.75) is 33.2 Å². The molecule has 92 valence electrons. The topological polar surface area (TPSA) is 104 Å². The standard InChI is InChI=1S/C10H17NO5/c1-5(2)6(3)9(14)11-7(10(15)16)4-8(12)13/h5-7H,4H2,1-3H3,(H,11,14)(H,12,13)(H,15,16)/t6?,7-/m1/s1. The Kier molecular flexibility index (Phi) is 5.49. The summed E-state index contributed by atoms with van der Waals surface area (Å²) in [5.41, 5.74) is 0. The quantitative estimate of drug-likeness (QED) is 0.610. The molecule has 0 rings (SSSR count). The Morgan fingerprint density at radius 3 is 1.94 bits per heavy atom. The van der Waals surface area contributed by atoms with E-state index < -0.39 is 30.3 Å². The van der Waals surface area contributed by atoms with E-state index in [0.29, 0.717) is 0 Å². The second kappa shape index (κ2) is 6.09. The fraction of sp³-hybridized carbons (Fsp3) is 0.700. The summed E-state index contributed by atoms with van der Waals surface area (Å²) in [6.45, 7) is 5.33. The second-order valence-electron chi connectivity index (χ2n) is 4.03. The molecule has 0 fully saturated rings. The number of carbonyl (C=O) groups is 3. The molecule has 0 spiro atoms. The molecule has 1 unspecified atom stereocenters. The number of hydrogen-bond donors (Lipinski definition) is 3. The smallest absolute Gasteiger partial charge is 0.326 e. The van der Waals surface area contributed by atoms with Crippen LogP contribution in [0, 0.1) is 11.8 Å². The van der Waals surface area contributed by atoms with Gasteiger partial charge >= 0.3 is 11.9 Å². The first-order valence-corrected chi connectivity index (χ1v) is 5.00. The van der Waals surface area contributed by atoms with Gasteiger partial charge in [-0.15, -0.1) is 0 Å². The number of hydrogen-bond acceptors (Lipinski definition) is 3. The molecule has 6 nitrogen and oxygen atoms in total. The summed E-state index contributed by atoms with van der Waals surface area (Å²) in [5.74, 6) is -3.32. The van der Waals surface area contributed by atoms with Gasteiger partial charge in [0.2, 0.25) is 5.91 Å². The maximum absolute atomic E-state index is 11.5. The summed E-state index contributed by atoms with van der Waals surface area (Å²) < 4.78 is 0. The summed E-state index contributed by atoms with van der Waals surface area (Å²) in [5, 5.41) is 19.4. The van der Waals surface area contributed by atoms with E-state index >= 15 is 0 Å². The van der Waals surface area contributed by atoms with Gasteiger partial charge in [-0.1, -0.05) is 20.8 Å². The molecular weight excluding hydrogens is 214 g/mol. The summed E-state index contributed by atoms with van der Waals surface area (Å²) in [6.07, 6.45) is -0.619. The first-order chi connectivity index (χ1) is 7.25. The van der Waals surface area contributed by atoms with Gasteiger partial charge in [0.25, 0.3) is 0 Å². The molecule has 0 radical (unpaired) electrons. The highest BCUT2D eigenvalue weighted by Gasteiger charge is 2.26. The number of carboxylic acids is 2. The van der Waals surface area contributed by atoms with Crippen molar-refractivity contribution in [3.63, 3.8) is 0 Å². The van der Waals surface area contributed by atoms with Crippen molar-refractivity contribution >= 4 is 17.8 Å². The molecule has 0 heterocycles. The van der Waals surface area contributed by atoms with Gasteiger partial charge in [0.15, 0.2) is 0 Å². The molecule has 0 saturated heterocycles. The lowest BCUT2D eigenvalue weighted by Gasteiger charge is -2.18. The zero-order valence-corrected chi connectivity index (χ0v) is 9.56. The monoisotopic (exact) mass is 231 g/mol. The van der Waals surface area contributed by atoms with Crippen LogP contribution < -0.4 is 5.32 Å². The molecule has 0 aliphatic rings. The van der Waals surface area contributed by atoms with E-state index in [-0.39, 0.29) is 11.8 Å². The van der Waals surface area contributed by atoms with Crippen LogP contribution in [0.1, 0.15) is 27.2 Å². The van der Waals surface area contributed by atoms with Gasteiger partial charge in [-0.25, -0.2) is 4.79 Å². The SMILES string of the molecule is CC(C)C(C)C(=O)N[C@H](CC(=O)O)C(=O)O. The van der Waals surface area contributed by atoms with Gasteiger partial charge in [0.05, 0.1) is 6.42 Å². The van der Waals surface area contributed by atoms with Crippen LogP contribution in [-0.4, -0.2) is 34.1 Å². The van der Waals surface area contributed by atoms with Gasteiger partial charge in [-0.05, 0) is 5.92 Å². The zero-order chi connectivity index (χ0) is 12.9. The van der Waals surface area contributed by atoms with Crippen molar-refractivity contribution < 1.29 is 24.6 Å². The predicted octanol–water partition coefficient (Wildman–Crippen LogP) is 0.323. The number of nitrogens with one attached hydrogen (secondary N) is 1. The van der Waals surface area contributed by atoms with Crippen LogP contribution >= 0.6 is 0 Å². The van der Waals surface area contributed by atoms with E-state index in [1.165, 1.54) is 0 Å². The van der Waals surface area contributed by atoms with Crippen molar-refractivity contribution in [2.24, 2.45) is 11.8 Å². The van der Waals surface area contributed by atoms with Crippen molar-refractivity contribution in [1.29, 1.82) is 0 Å². The van der Waals surface area contributed by atoms with Crippen LogP contribution in [0.5, 0.6) is 0 Å². The highest BCUT2D eigenvalue weighted by molar-refractivity contribution is 5.87. The molecule has 0 aliphatic carbocycles. The second-order valence-corrected chi connectivity index (χ2v) is 4.03. The number of amides is 1.